The molecule has 29 heavy (non-hydrogen) atoms. The molecular weight excluding hydrogens is 356 g/mol. The van der Waals surface area contributed by atoms with Crippen LogP contribution in [0.1, 0.15) is 30.1 Å². The first-order chi connectivity index (χ1) is 14.2. The number of aliphatic hydroxyl groups is 1. The zero-order valence-electron chi connectivity index (χ0n) is 16.8. The van der Waals surface area contributed by atoms with Gasteiger partial charge in [-0.1, -0.05) is 54.6 Å². The summed E-state index contributed by atoms with van der Waals surface area (Å²) in [4.78, 5) is 4.50. The minimum atomic E-state index is -0.486. The molecule has 5 atom stereocenters. The van der Waals surface area contributed by atoms with Gasteiger partial charge in [0.05, 0.1) is 18.6 Å². The van der Waals surface area contributed by atoms with Crippen LogP contribution in [-0.4, -0.2) is 33.7 Å². The molecule has 3 fully saturated rings. The Morgan fingerprint density at radius 3 is 2.72 bits per heavy atom. The minimum Gasteiger partial charge on any atom is -0.382 e. The first kappa shape index (κ1) is 18.5. The number of nitrogens with zero attached hydrogens (tertiary/aromatic N) is 2. The molecule has 0 amide bonds. The molecule has 3 aromatic rings. The van der Waals surface area contributed by atoms with Gasteiger partial charge in [-0.3, -0.25) is 4.98 Å². The lowest BCUT2D eigenvalue weighted by atomic mass is 9.71. The number of hydrogen-bond donors (Lipinski definition) is 1. The maximum absolute atomic E-state index is 11.7. The molecule has 0 radical (unpaired) electrons. The number of hydrogen-bond acceptors (Lipinski definition) is 2. The Morgan fingerprint density at radius 2 is 1.90 bits per heavy atom. The maximum Gasteiger partial charge on any atom is 0.131 e. The Bertz CT molecular complexity index is 1010. The molecule has 3 aliphatic rings. The molecule has 0 aliphatic carbocycles. The molecule has 4 heterocycles. The first-order valence-electron chi connectivity index (χ1n) is 10.7. The smallest absolute Gasteiger partial charge is 0.131 e. The molecular formula is C26H29N2O+. The summed E-state index contributed by atoms with van der Waals surface area (Å²) in [5.74, 6) is 1.18. The lowest BCUT2D eigenvalue weighted by Gasteiger charge is -2.58. The van der Waals surface area contributed by atoms with Gasteiger partial charge < -0.3 is 9.59 Å². The fourth-order valence-electron chi connectivity index (χ4n) is 5.91. The van der Waals surface area contributed by atoms with E-state index in [1.54, 1.807) is 0 Å². The van der Waals surface area contributed by atoms with Crippen molar-refractivity contribution in [3.8, 4) is 0 Å². The van der Waals surface area contributed by atoms with Crippen molar-refractivity contribution in [1.82, 2.24) is 4.98 Å². The van der Waals surface area contributed by atoms with E-state index in [1.165, 1.54) is 12.0 Å². The number of para-hydroxylation sites is 1. The molecule has 0 saturated carbocycles. The Hall–Kier alpha value is -2.49. The summed E-state index contributed by atoms with van der Waals surface area (Å²) < 4.78 is 0.953. The van der Waals surface area contributed by atoms with E-state index in [0.29, 0.717) is 11.8 Å². The molecule has 3 heteroatoms. The van der Waals surface area contributed by atoms with Gasteiger partial charge in [-0.05, 0) is 23.6 Å². The topological polar surface area (TPSA) is 33.1 Å². The molecule has 3 saturated heterocycles. The van der Waals surface area contributed by atoms with Crippen molar-refractivity contribution in [3.63, 3.8) is 0 Å². The van der Waals surface area contributed by atoms with Gasteiger partial charge in [-0.25, -0.2) is 0 Å². The highest BCUT2D eigenvalue weighted by molar-refractivity contribution is 5.82. The van der Waals surface area contributed by atoms with Gasteiger partial charge in [0.1, 0.15) is 18.7 Å². The standard InChI is InChI=1S/C26H29N2O/c1-2-20-18-28(17-19-8-4-3-5-9-19)15-13-21(20)16-25(28)26(29)23-12-14-27-24-11-7-6-10-22(23)24/h2-12,14,20-21,25-26,29H,1,13,15-18H2/q+1/t20-,21+,25-,26-,28+/m1/s1. The summed E-state index contributed by atoms with van der Waals surface area (Å²) in [7, 11) is 0. The summed E-state index contributed by atoms with van der Waals surface area (Å²) in [5, 5.41) is 12.8. The normalized spacial score (nSPS) is 29.6. The highest BCUT2D eigenvalue weighted by Crippen LogP contribution is 2.47. The highest BCUT2D eigenvalue weighted by atomic mass is 16.3. The van der Waals surface area contributed by atoms with Crippen LogP contribution in [-0.2, 0) is 6.54 Å². The Labute approximate surface area is 172 Å². The van der Waals surface area contributed by atoms with Crippen LogP contribution in [0.5, 0.6) is 0 Å². The van der Waals surface area contributed by atoms with Gasteiger partial charge in [-0.2, -0.15) is 0 Å². The summed E-state index contributed by atoms with van der Waals surface area (Å²) in [5.41, 5.74) is 3.33. The van der Waals surface area contributed by atoms with Crippen LogP contribution in [0.15, 0.2) is 79.5 Å². The zero-order chi connectivity index (χ0) is 19.8. The predicted molar refractivity (Wildman–Crippen MR) is 117 cm³/mol. The van der Waals surface area contributed by atoms with Crippen LogP contribution in [0.2, 0.25) is 0 Å². The Kier molecular flexibility index (Phi) is 4.73. The molecule has 1 N–H and O–H groups in total. The maximum atomic E-state index is 11.7. The van der Waals surface area contributed by atoms with Crippen LogP contribution in [0, 0.1) is 11.8 Å². The minimum absolute atomic E-state index is 0.205. The monoisotopic (exact) mass is 385 g/mol. The summed E-state index contributed by atoms with van der Waals surface area (Å²) in [6.07, 6.45) is 5.79. The molecule has 2 aromatic carbocycles. The third kappa shape index (κ3) is 3.19. The lowest BCUT2D eigenvalue weighted by molar-refractivity contribution is -0.984. The van der Waals surface area contributed by atoms with Crippen molar-refractivity contribution in [2.24, 2.45) is 11.8 Å². The second kappa shape index (κ2) is 7.40. The predicted octanol–water partition coefficient (Wildman–Crippen LogP) is 4.88. The number of aliphatic hydroxyl groups excluding tert-OH is 1. The molecule has 1 aromatic heterocycles. The van der Waals surface area contributed by atoms with Crippen LogP contribution in [0.3, 0.4) is 0 Å². The summed E-state index contributed by atoms with van der Waals surface area (Å²) >= 11 is 0. The van der Waals surface area contributed by atoms with E-state index in [2.05, 4.69) is 54.0 Å². The van der Waals surface area contributed by atoms with E-state index in [-0.39, 0.29) is 6.04 Å². The number of piperidine rings is 3. The second-order valence-electron chi connectivity index (χ2n) is 8.88. The van der Waals surface area contributed by atoms with Gasteiger partial charge in [0.25, 0.3) is 0 Å². The van der Waals surface area contributed by atoms with Gasteiger partial charge in [0.2, 0.25) is 0 Å². The van der Waals surface area contributed by atoms with Crippen molar-refractivity contribution < 1.29 is 9.59 Å². The average Bonchev–Trinajstić information content (AvgIpc) is 2.78. The SMILES string of the molecule is C=C[C@@H]1C[N@@+]2(Cc3ccccc3)CC[C@H]1C[C@@H]2[C@H](O)c1ccnc2ccccc12. The molecule has 148 valence electrons. The van der Waals surface area contributed by atoms with E-state index < -0.39 is 6.10 Å². The van der Waals surface area contributed by atoms with Crippen LogP contribution >= 0.6 is 0 Å². The van der Waals surface area contributed by atoms with Crippen molar-refractivity contribution in [3.05, 3.63) is 90.6 Å². The molecule has 0 spiro atoms. The van der Waals surface area contributed by atoms with Gasteiger partial charge in [-0.15, -0.1) is 6.58 Å². The third-order valence-corrected chi connectivity index (χ3v) is 7.38. The molecule has 3 nitrogen and oxygen atoms in total. The van der Waals surface area contributed by atoms with E-state index in [1.807, 2.05) is 30.5 Å². The van der Waals surface area contributed by atoms with Crippen molar-refractivity contribution >= 4 is 10.9 Å². The van der Waals surface area contributed by atoms with Crippen LogP contribution < -0.4 is 0 Å². The Morgan fingerprint density at radius 1 is 1.10 bits per heavy atom. The van der Waals surface area contributed by atoms with Gasteiger partial charge in [0, 0.05) is 35.9 Å². The van der Waals surface area contributed by atoms with E-state index >= 15 is 0 Å². The van der Waals surface area contributed by atoms with E-state index in [4.69, 9.17) is 0 Å². The van der Waals surface area contributed by atoms with Gasteiger partial charge >= 0.3 is 0 Å². The van der Waals surface area contributed by atoms with E-state index in [0.717, 1.165) is 47.0 Å². The number of quaternary nitrogens is 1. The number of pyridine rings is 1. The van der Waals surface area contributed by atoms with Crippen molar-refractivity contribution in [2.45, 2.75) is 31.5 Å². The fraction of sp³-hybridized carbons (Fsp3) is 0.346. The third-order valence-electron chi connectivity index (χ3n) is 7.38. The van der Waals surface area contributed by atoms with Crippen LogP contribution in [0.4, 0.5) is 0 Å². The second-order valence-corrected chi connectivity index (χ2v) is 8.88. The zero-order valence-corrected chi connectivity index (χ0v) is 16.8. The quantitative estimate of drug-likeness (QED) is 0.502. The van der Waals surface area contributed by atoms with E-state index in [9.17, 15) is 5.11 Å². The molecule has 3 aliphatic heterocycles. The average molecular weight is 386 g/mol. The van der Waals surface area contributed by atoms with Crippen molar-refractivity contribution in [2.75, 3.05) is 13.1 Å². The molecule has 2 bridgehead atoms. The lowest BCUT2D eigenvalue weighted by Crippen LogP contribution is -2.67. The van der Waals surface area contributed by atoms with Gasteiger partial charge in [0.15, 0.2) is 0 Å². The highest BCUT2D eigenvalue weighted by Gasteiger charge is 2.53. The number of benzene rings is 2. The Balaban J connectivity index is 1.56. The van der Waals surface area contributed by atoms with Crippen LogP contribution in [0.25, 0.3) is 10.9 Å². The summed E-state index contributed by atoms with van der Waals surface area (Å²) in [6.45, 7) is 7.32. The fourth-order valence-corrected chi connectivity index (χ4v) is 5.91. The number of aromatic nitrogens is 1. The molecule has 6 rings (SSSR count). The summed E-state index contributed by atoms with van der Waals surface area (Å²) in [6, 6.07) is 21.2. The number of rotatable bonds is 5. The molecule has 0 unspecified atom stereocenters. The first-order valence-corrected chi connectivity index (χ1v) is 10.7. The largest absolute Gasteiger partial charge is 0.382 e. The number of fused-ring (bicyclic) bond motifs is 4. The van der Waals surface area contributed by atoms with Crippen molar-refractivity contribution in [1.29, 1.82) is 0 Å².